The number of amides is 1. The van der Waals surface area contributed by atoms with Gasteiger partial charge in [-0.3, -0.25) is 4.79 Å². The van der Waals surface area contributed by atoms with Gasteiger partial charge in [-0.05, 0) is 48.1 Å². The van der Waals surface area contributed by atoms with Crippen LogP contribution in [0.3, 0.4) is 0 Å². The molecule has 0 aliphatic heterocycles. The zero-order valence-corrected chi connectivity index (χ0v) is 13.8. The monoisotopic (exact) mass is 329 g/mol. The SMILES string of the molecule is CC(C)(CCCO)CNC(=O)/C=C/c1cc(Cl)cc(Cl)c1. The molecule has 1 amide bonds. The first-order valence-corrected chi connectivity index (χ1v) is 7.61. The molecule has 0 atom stereocenters. The van der Waals surface area contributed by atoms with Crippen LogP contribution in [0.15, 0.2) is 24.3 Å². The lowest BCUT2D eigenvalue weighted by Crippen LogP contribution is -2.33. The van der Waals surface area contributed by atoms with Gasteiger partial charge in [0.15, 0.2) is 0 Å². The van der Waals surface area contributed by atoms with E-state index in [2.05, 4.69) is 19.2 Å². The number of halogens is 2. The van der Waals surface area contributed by atoms with Crippen LogP contribution in [-0.2, 0) is 4.79 Å². The van der Waals surface area contributed by atoms with Crippen molar-refractivity contribution in [2.24, 2.45) is 5.41 Å². The lowest BCUT2D eigenvalue weighted by molar-refractivity contribution is -0.116. The molecule has 0 spiro atoms. The highest BCUT2D eigenvalue weighted by atomic mass is 35.5. The largest absolute Gasteiger partial charge is 0.396 e. The molecule has 0 heterocycles. The average Bonchev–Trinajstić information content (AvgIpc) is 2.40. The Morgan fingerprint density at radius 1 is 1.29 bits per heavy atom. The molecule has 2 N–H and O–H groups in total. The summed E-state index contributed by atoms with van der Waals surface area (Å²) in [7, 11) is 0. The molecule has 1 rings (SSSR count). The van der Waals surface area contributed by atoms with Crippen LogP contribution in [-0.4, -0.2) is 24.2 Å². The van der Waals surface area contributed by atoms with Gasteiger partial charge < -0.3 is 10.4 Å². The van der Waals surface area contributed by atoms with Crippen LogP contribution in [0.1, 0.15) is 32.3 Å². The van der Waals surface area contributed by atoms with Crippen molar-refractivity contribution in [1.82, 2.24) is 5.32 Å². The fourth-order valence-corrected chi connectivity index (χ4v) is 2.42. The quantitative estimate of drug-likeness (QED) is 0.745. The summed E-state index contributed by atoms with van der Waals surface area (Å²) in [6, 6.07) is 5.12. The van der Waals surface area contributed by atoms with Gasteiger partial charge in [-0.25, -0.2) is 0 Å². The summed E-state index contributed by atoms with van der Waals surface area (Å²) in [6.07, 6.45) is 4.73. The van der Waals surface area contributed by atoms with Gasteiger partial charge >= 0.3 is 0 Å². The maximum absolute atomic E-state index is 11.8. The number of aliphatic hydroxyl groups is 1. The molecule has 0 saturated carbocycles. The molecule has 1 aromatic carbocycles. The first kappa shape index (κ1) is 18.0. The molecule has 0 fully saturated rings. The Hall–Kier alpha value is -1.03. The zero-order chi connectivity index (χ0) is 15.9. The van der Waals surface area contributed by atoms with Gasteiger partial charge in [0, 0.05) is 29.3 Å². The Bertz CT molecular complexity index is 493. The van der Waals surface area contributed by atoms with Gasteiger partial charge in [-0.15, -0.1) is 0 Å². The standard InChI is InChI=1S/C16H21Cl2NO2/c1-16(2,6-3-7-20)11-19-15(21)5-4-12-8-13(17)10-14(18)9-12/h4-5,8-10,20H,3,6-7,11H2,1-2H3,(H,19,21)/b5-4+. The van der Waals surface area contributed by atoms with E-state index in [0.717, 1.165) is 18.4 Å². The summed E-state index contributed by atoms with van der Waals surface area (Å²) < 4.78 is 0. The third-order valence-electron chi connectivity index (χ3n) is 3.06. The molecule has 0 radical (unpaired) electrons. The van der Waals surface area contributed by atoms with Crippen molar-refractivity contribution in [1.29, 1.82) is 0 Å². The first-order chi connectivity index (χ1) is 9.82. The number of rotatable bonds is 7. The Labute approximate surface area is 136 Å². The molecule has 3 nitrogen and oxygen atoms in total. The lowest BCUT2D eigenvalue weighted by atomic mass is 9.88. The maximum Gasteiger partial charge on any atom is 0.244 e. The summed E-state index contributed by atoms with van der Waals surface area (Å²) in [5.41, 5.74) is 0.744. The summed E-state index contributed by atoms with van der Waals surface area (Å²) in [4.78, 5) is 11.8. The van der Waals surface area contributed by atoms with Crippen LogP contribution >= 0.6 is 23.2 Å². The smallest absolute Gasteiger partial charge is 0.244 e. The van der Waals surface area contributed by atoms with Crippen molar-refractivity contribution in [3.8, 4) is 0 Å². The van der Waals surface area contributed by atoms with Crippen molar-refractivity contribution >= 4 is 35.2 Å². The van der Waals surface area contributed by atoms with E-state index in [-0.39, 0.29) is 17.9 Å². The third-order valence-corrected chi connectivity index (χ3v) is 3.50. The van der Waals surface area contributed by atoms with Gasteiger partial charge in [-0.2, -0.15) is 0 Å². The van der Waals surface area contributed by atoms with Gasteiger partial charge in [0.1, 0.15) is 0 Å². The number of aliphatic hydroxyl groups excluding tert-OH is 1. The van der Waals surface area contributed by atoms with E-state index < -0.39 is 0 Å². The van der Waals surface area contributed by atoms with Gasteiger partial charge in [-0.1, -0.05) is 37.0 Å². The third kappa shape index (κ3) is 7.51. The van der Waals surface area contributed by atoms with E-state index in [1.807, 2.05) is 0 Å². The number of benzene rings is 1. The van der Waals surface area contributed by atoms with Crippen molar-refractivity contribution in [3.63, 3.8) is 0 Å². The molecule has 0 unspecified atom stereocenters. The molecule has 1 aromatic rings. The van der Waals surface area contributed by atoms with Crippen LogP contribution in [0.25, 0.3) is 6.08 Å². The van der Waals surface area contributed by atoms with Crippen LogP contribution < -0.4 is 5.32 Å². The lowest BCUT2D eigenvalue weighted by Gasteiger charge is -2.24. The normalized spacial score (nSPS) is 11.9. The minimum atomic E-state index is -0.164. The molecular formula is C16H21Cl2NO2. The Morgan fingerprint density at radius 2 is 1.90 bits per heavy atom. The van der Waals surface area contributed by atoms with Crippen molar-refractivity contribution < 1.29 is 9.90 Å². The second kappa shape index (κ2) is 8.42. The predicted molar refractivity (Wildman–Crippen MR) is 88.6 cm³/mol. The predicted octanol–water partition coefficient (Wildman–Crippen LogP) is 3.92. The van der Waals surface area contributed by atoms with E-state index in [0.29, 0.717) is 16.6 Å². The summed E-state index contributed by atoms with van der Waals surface area (Å²) >= 11 is 11.8. The van der Waals surface area contributed by atoms with E-state index in [4.69, 9.17) is 28.3 Å². The fraction of sp³-hybridized carbons (Fsp3) is 0.438. The fourth-order valence-electron chi connectivity index (χ4n) is 1.87. The van der Waals surface area contributed by atoms with Crippen LogP contribution in [0.5, 0.6) is 0 Å². The molecule has 0 aliphatic carbocycles. The number of carbonyl (C=O) groups is 1. The Balaban J connectivity index is 2.51. The average molecular weight is 330 g/mol. The summed E-state index contributed by atoms with van der Waals surface area (Å²) in [5, 5.41) is 12.8. The molecule has 0 aromatic heterocycles. The minimum Gasteiger partial charge on any atom is -0.396 e. The number of hydrogen-bond donors (Lipinski definition) is 2. The first-order valence-electron chi connectivity index (χ1n) is 6.85. The highest BCUT2D eigenvalue weighted by Crippen LogP contribution is 2.21. The topological polar surface area (TPSA) is 49.3 Å². The van der Waals surface area contributed by atoms with E-state index in [1.54, 1.807) is 24.3 Å². The number of carbonyl (C=O) groups excluding carboxylic acids is 1. The van der Waals surface area contributed by atoms with Gasteiger partial charge in [0.05, 0.1) is 0 Å². The Kier molecular flexibility index (Phi) is 7.23. The highest BCUT2D eigenvalue weighted by Gasteiger charge is 2.17. The van der Waals surface area contributed by atoms with Crippen molar-refractivity contribution in [2.75, 3.05) is 13.2 Å². The van der Waals surface area contributed by atoms with E-state index in [9.17, 15) is 4.79 Å². The van der Waals surface area contributed by atoms with Gasteiger partial charge in [0.2, 0.25) is 5.91 Å². The molecule has 116 valence electrons. The molecule has 5 heteroatoms. The minimum absolute atomic E-state index is 0.0361. The molecular weight excluding hydrogens is 309 g/mol. The molecule has 0 saturated heterocycles. The molecule has 0 aliphatic rings. The van der Waals surface area contributed by atoms with Crippen LogP contribution in [0, 0.1) is 5.41 Å². The molecule has 21 heavy (non-hydrogen) atoms. The van der Waals surface area contributed by atoms with E-state index >= 15 is 0 Å². The molecule has 0 bridgehead atoms. The van der Waals surface area contributed by atoms with Crippen LogP contribution in [0.4, 0.5) is 0 Å². The summed E-state index contributed by atoms with van der Waals surface area (Å²) in [5.74, 6) is -0.164. The highest BCUT2D eigenvalue weighted by molar-refractivity contribution is 6.34. The van der Waals surface area contributed by atoms with Crippen LogP contribution in [0.2, 0.25) is 10.0 Å². The second-order valence-corrected chi connectivity index (χ2v) is 6.62. The van der Waals surface area contributed by atoms with Crippen molar-refractivity contribution in [2.45, 2.75) is 26.7 Å². The zero-order valence-electron chi connectivity index (χ0n) is 12.3. The van der Waals surface area contributed by atoms with E-state index in [1.165, 1.54) is 6.08 Å². The number of hydrogen-bond acceptors (Lipinski definition) is 2. The number of nitrogens with one attached hydrogen (secondary N) is 1. The van der Waals surface area contributed by atoms with Gasteiger partial charge in [0.25, 0.3) is 0 Å². The summed E-state index contributed by atoms with van der Waals surface area (Å²) in [6.45, 7) is 4.85. The maximum atomic E-state index is 11.8. The second-order valence-electron chi connectivity index (χ2n) is 5.75. The Morgan fingerprint density at radius 3 is 2.48 bits per heavy atom. The van der Waals surface area contributed by atoms with Crippen molar-refractivity contribution in [3.05, 3.63) is 39.9 Å².